The highest BCUT2D eigenvalue weighted by Gasteiger charge is 2.21. The van der Waals surface area contributed by atoms with E-state index in [-0.39, 0.29) is 10.6 Å². The summed E-state index contributed by atoms with van der Waals surface area (Å²) < 4.78 is 14.8. The van der Waals surface area contributed by atoms with E-state index in [1.807, 2.05) is 19.1 Å². The fourth-order valence-electron chi connectivity index (χ4n) is 2.39. The molecule has 122 valence electrons. The maximum atomic E-state index is 13.3. The van der Waals surface area contributed by atoms with Gasteiger partial charge in [0.1, 0.15) is 11.4 Å². The van der Waals surface area contributed by atoms with E-state index in [4.69, 9.17) is 11.6 Å². The third-order valence-corrected chi connectivity index (χ3v) is 3.79. The quantitative estimate of drug-likeness (QED) is 0.786. The number of rotatable bonds is 6. The highest BCUT2D eigenvalue weighted by atomic mass is 35.5. The second-order valence-electron chi connectivity index (χ2n) is 5.14. The van der Waals surface area contributed by atoms with Crippen molar-refractivity contribution in [3.63, 3.8) is 0 Å². The molecule has 23 heavy (non-hydrogen) atoms. The average molecular weight is 337 g/mol. The van der Waals surface area contributed by atoms with Crippen LogP contribution in [-0.4, -0.2) is 20.9 Å². The topological polar surface area (TPSA) is 55.1 Å². The zero-order chi connectivity index (χ0) is 17.0. The largest absolute Gasteiger partial charge is 0.478 e. The van der Waals surface area contributed by atoms with Crippen LogP contribution in [0.25, 0.3) is 5.69 Å². The first-order valence-electron chi connectivity index (χ1n) is 7.38. The van der Waals surface area contributed by atoms with Crippen LogP contribution in [0.3, 0.4) is 0 Å². The Balaban J connectivity index is 2.42. The minimum absolute atomic E-state index is 0.0262. The molecule has 0 bridgehead atoms. The smallest absolute Gasteiger partial charge is 0.339 e. The third-order valence-electron chi connectivity index (χ3n) is 3.50. The number of benzene rings is 1. The Labute approximate surface area is 139 Å². The second-order valence-corrected chi connectivity index (χ2v) is 5.55. The number of nitrogens with zero attached hydrogens (tertiary/aromatic N) is 2. The maximum Gasteiger partial charge on any atom is 0.339 e. The summed E-state index contributed by atoms with van der Waals surface area (Å²) in [6.07, 6.45) is 6.22. The molecule has 0 aliphatic rings. The van der Waals surface area contributed by atoms with E-state index in [9.17, 15) is 14.3 Å². The summed E-state index contributed by atoms with van der Waals surface area (Å²) in [5.41, 5.74) is 1.73. The van der Waals surface area contributed by atoms with Gasteiger partial charge in [-0.05, 0) is 44.4 Å². The van der Waals surface area contributed by atoms with Crippen molar-refractivity contribution < 1.29 is 14.3 Å². The molecular weight excluding hydrogens is 319 g/mol. The number of hydrogen-bond acceptors (Lipinski definition) is 2. The van der Waals surface area contributed by atoms with Crippen molar-refractivity contribution in [2.24, 2.45) is 0 Å². The van der Waals surface area contributed by atoms with E-state index in [0.29, 0.717) is 23.5 Å². The molecule has 1 N–H and O–H groups in total. The van der Waals surface area contributed by atoms with Crippen LogP contribution in [0.15, 0.2) is 30.4 Å². The van der Waals surface area contributed by atoms with E-state index in [2.05, 4.69) is 5.10 Å². The molecule has 0 radical (unpaired) electrons. The summed E-state index contributed by atoms with van der Waals surface area (Å²) >= 11 is 5.80. The molecule has 0 saturated carbocycles. The SMILES string of the molecule is CCC=CCCc1nn(-c2ccc(F)c(Cl)c2)c(C)c1C(=O)O. The molecule has 2 rings (SSSR count). The van der Waals surface area contributed by atoms with E-state index in [1.54, 1.807) is 6.92 Å². The van der Waals surface area contributed by atoms with Gasteiger partial charge in [0.05, 0.1) is 22.1 Å². The van der Waals surface area contributed by atoms with Crippen LogP contribution in [0.4, 0.5) is 4.39 Å². The Bertz CT molecular complexity index is 753. The summed E-state index contributed by atoms with van der Waals surface area (Å²) in [4.78, 5) is 11.5. The van der Waals surface area contributed by atoms with E-state index in [1.165, 1.54) is 22.9 Å². The lowest BCUT2D eigenvalue weighted by Crippen LogP contribution is -2.03. The first kappa shape index (κ1) is 17.2. The normalized spacial score (nSPS) is 11.3. The first-order valence-corrected chi connectivity index (χ1v) is 7.75. The minimum atomic E-state index is -1.02. The zero-order valence-corrected chi connectivity index (χ0v) is 13.8. The Morgan fingerprint density at radius 3 is 2.78 bits per heavy atom. The van der Waals surface area contributed by atoms with Crippen LogP contribution in [0, 0.1) is 12.7 Å². The molecule has 0 atom stereocenters. The van der Waals surface area contributed by atoms with Crippen molar-refractivity contribution >= 4 is 17.6 Å². The lowest BCUT2D eigenvalue weighted by molar-refractivity contribution is 0.0695. The Morgan fingerprint density at radius 1 is 1.43 bits per heavy atom. The molecule has 0 fully saturated rings. The van der Waals surface area contributed by atoms with Gasteiger partial charge < -0.3 is 5.11 Å². The van der Waals surface area contributed by atoms with Crippen molar-refractivity contribution in [2.75, 3.05) is 0 Å². The molecule has 4 nitrogen and oxygen atoms in total. The second kappa shape index (κ2) is 7.42. The lowest BCUT2D eigenvalue weighted by atomic mass is 10.1. The van der Waals surface area contributed by atoms with E-state index < -0.39 is 11.8 Å². The van der Waals surface area contributed by atoms with Gasteiger partial charge in [-0.1, -0.05) is 30.7 Å². The van der Waals surface area contributed by atoms with Gasteiger partial charge in [-0.2, -0.15) is 5.10 Å². The molecule has 1 aromatic carbocycles. The average Bonchev–Trinajstić information content (AvgIpc) is 2.83. The molecule has 0 amide bonds. The molecular formula is C17H18ClFN2O2. The molecule has 0 aliphatic heterocycles. The molecule has 0 spiro atoms. The number of halogens is 2. The third kappa shape index (κ3) is 3.79. The van der Waals surface area contributed by atoms with Crippen molar-refractivity contribution in [1.82, 2.24) is 9.78 Å². The zero-order valence-electron chi connectivity index (χ0n) is 13.0. The van der Waals surface area contributed by atoms with Crippen LogP contribution in [0.2, 0.25) is 5.02 Å². The van der Waals surface area contributed by atoms with Gasteiger partial charge in [-0.15, -0.1) is 0 Å². The molecule has 1 heterocycles. The number of aromatic nitrogens is 2. The summed E-state index contributed by atoms with van der Waals surface area (Å²) in [7, 11) is 0. The van der Waals surface area contributed by atoms with Crippen molar-refractivity contribution in [1.29, 1.82) is 0 Å². The first-order chi connectivity index (χ1) is 11.0. The van der Waals surface area contributed by atoms with Crippen molar-refractivity contribution in [2.45, 2.75) is 33.1 Å². The van der Waals surface area contributed by atoms with Crippen LogP contribution in [0.1, 0.15) is 41.5 Å². The van der Waals surface area contributed by atoms with Gasteiger partial charge in [0.2, 0.25) is 0 Å². The van der Waals surface area contributed by atoms with Gasteiger partial charge in [0.15, 0.2) is 0 Å². The number of carbonyl (C=O) groups is 1. The molecule has 0 aliphatic carbocycles. The highest BCUT2D eigenvalue weighted by molar-refractivity contribution is 6.30. The van der Waals surface area contributed by atoms with Crippen LogP contribution in [-0.2, 0) is 6.42 Å². The fourth-order valence-corrected chi connectivity index (χ4v) is 2.56. The standard InChI is InChI=1S/C17H18ClFN2O2/c1-3-4-5-6-7-15-16(17(22)23)11(2)21(20-15)12-8-9-14(19)13(18)10-12/h4-5,8-10H,3,6-7H2,1-2H3,(H,22,23). The lowest BCUT2D eigenvalue weighted by Gasteiger charge is -2.05. The summed E-state index contributed by atoms with van der Waals surface area (Å²) in [6.45, 7) is 3.72. The Morgan fingerprint density at radius 2 is 2.17 bits per heavy atom. The summed E-state index contributed by atoms with van der Waals surface area (Å²) in [6, 6.07) is 4.19. The molecule has 0 unspecified atom stereocenters. The van der Waals surface area contributed by atoms with Gasteiger partial charge in [-0.3, -0.25) is 0 Å². The highest BCUT2D eigenvalue weighted by Crippen LogP contribution is 2.23. The number of hydrogen-bond donors (Lipinski definition) is 1. The van der Waals surface area contributed by atoms with Gasteiger partial charge in [-0.25, -0.2) is 13.9 Å². The number of allylic oxidation sites excluding steroid dienone is 2. The van der Waals surface area contributed by atoms with Gasteiger partial charge in [0, 0.05) is 0 Å². The predicted molar refractivity (Wildman–Crippen MR) is 88.0 cm³/mol. The van der Waals surface area contributed by atoms with Crippen LogP contribution < -0.4 is 0 Å². The Hall–Kier alpha value is -2.14. The van der Waals surface area contributed by atoms with E-state index in [0.717, 1.165) is 12.8 Å². The number of aromatic carboxylic acids is 1. The summed E-state index contributed by atoms with van der Waals surface area (Å²) in [5.74, 6) is -1.54. The Kier molecular flexibility index (Phi) is 5.55. The van der Waals surface area contributed by atoms with Gasteiger partial charge >= 0.3 is 5.97 Å². The predicted octanol–water partition coefficient (Wildman–Crippen LogP) is 4.57. The monoisotopic (exact) mass is 336 g/mol. The van der Waals surface area contributed by atoms with Crippen LogP contribution in [0.5, 0.6) is 0 Å². The molecule has 1 aromatic heterocycles. The van der Waals surface area contributed by atoms with E-state index >= 15 is 0 Å². The number of carboxylic acid groups (broad SMARTS) is 1. The van der Waals surface area contributed by atoms with Gasteiger partial charge in [0.25, 0.3) is 0 Å². The number of carboxylic acids is 1. The fraction of sp³-hybridized carbons (Fsp3) is 0.294. The maximum absolute atomic E-state index is 13.3. The molecule has 2 aromatic rings. The van der Waals surface area contributed by atoms with Crippen LogP contribution >= 0.6 is 11.6 Å². The molecule has 6 heteroatoms. The number of aryl methyl sites for hydroxylation is 1. The summed E-state index contributed by atoms with van der Waals surface area (Å²) in [5, 5.41) is 13.8. The minimum Gasteiger partial charge on any atom is -0.478 e. The van der Waals surface area contributed by atoms with Crippen molar-refractivity contribution in [3.05, 3.63) is 58.1 Å². The molecule has 0 saturated heterocycles. The van der Waals surface area contributed by atoms with Crippen molar-refractivity contribution in [3.8, 4) is 5.69 Å².